The molecule has 2 rings (SSSR count). The van der Waals surface area contributed by atoms with E-state index in [0.29, 0.717) is 24.5 Å². The maximum atomic E-state index is 11.6. The highest BCUT2D eigenvalue weighted by Gasteiger charge is 2.04. The normalized spacial score (nSPS) is 11.1. The molecule has 0 saturated heterocycles. The Hall–Kier alpha value is -2.73. The zero-order chi connectivity index (χ0) is 21.1. The molecule has 0 heterocycles. The third-order valence-corrected chi connectivity index (χ3v) is 4.70. The van der Waals surface area contributed by atoms with Crippen LogP contribution in [0.3, 0.4) is 0 Å². The van der Waals surface area contributed by atoms with Crippen molar-refractivity contribution in [3.63, 3.8) is 0 Å². The van der Waals surface area contributed by atoms with E-state index >= 15 is 0 Å². The van der Waals surface area contributed by atoms with Gasteiger partial charge in [-0.15, -0.1) is 0 Å². The molecule has 0 spiro atoms. The van der Waals surface area contributed by atoms with Crippen molar-refractivity contribution < 1.29 is 9.53 Å². The van der Waals surface area contributed by atoms with Crippen molar-refractivity contribution in [1.29, 1.82) is 0 Å². The lowest BCUT2D eigenvalue weighted by atomic mass is 10.1. The van der Waals surface area contributed by atoms with E-state index in [1.807, 2.05) is 49.4 Å². The van der Waals surface area contributed by atoms with E-state index in [4.69, 9.17) is 16.3 Å². The van der Waals surface area contributed by atoms with Crippen LogP contribution in [0.4, 0.5) is 5.69 Å². The standard InChI is InChI=1S/C22H29ClN4O2/c1-4-5-21(28)27-18-9-6-16(7-10-18)15-26-22(24-2)25-13-12-17-8-11-19(29-3)14-20(17)23/h6-11,14H,4-5,12-13,15H2,1-3H3,(H,27,28)(H2,24,25,26). The number of rotatable bonds is 9. The Morgan fingerprint density at radius 2 is 1.90 bits per heavy atom. The first-order valence-electron chi connectivity index (χ1n) is 9.71. The number of methoxy groups -OCH3 is 1. The summed E-state index contributed by atoms with van der Waals surface area (Å²) in [4.78, 5) is 15.9. The van der Waals surface area contributed by atoms with Crippen LogP contribution in [0.15, 0.2) is 47.5 Å². The Bertz CT molecular complexity index is 822. The number of benzene rings is 2. The topological polar surface area (TPSA) is 74.8 Å². The average molecular weight is 417 g/mol. The van der Waals surface area contributed by atoms with Gasteiger partial charge in [-0.1, -0.05) is 36.7 Å². The lowest BCUT2D eigenvalue weighted by Gasteiger charge is -2.13. The first-order chi connectivity index (χ1) is 14.0. The molecule has 0 aliphatic rings. The zero-order valence-corrected chi connectivity index (χ0v) is 18.0. The molecule has 2 aromatic carbocycles. The second kappa shape index (κ2) is 12.0. The molecule has 0 bridgehead atoms. The Balaban J connectivity index is 1.78. The Morgan fingerprint density at radius 1 is 1.14 bits per heavy atom. The van der Waals surface area contributed by atoms with Gasteiger partial charge in [0.15, 0.2) is 5.96 Å². The number of ether oxygens (including phenoxy) is 1. The van der Waals surface area contributed by atoms with Crippen LogP contribution in [0, 0.1) is 0 Å². The fraction of sp³-hybridized carbons (Fsp3) is 0.364. The predicted molar refractivity (Wildman–Crippen MR) is 120 cm³/mol. The number of aliphatic imine (C=N–C) groups is 1. The highest BCUT2D eigenvalue weighted by atomic mass is 35.5. The zero-order valence-electron chi connectivity index (χ0n) is 17.2. The highest BCUT2D eigenvalue weighted by molar-refractivity contribution is 6.31. The monoisotopic (exact) mass is 416 g/mol. The van der Waals surface area contributed by atoms with E-state index in [1.165, 1.54) is 0 Å². The minimum absolute atomic E-state index is 0.0416. The molecule has 0 fully saturated rings. The fourth-order valence-corrected chi connectivity index (χ4v) is 3.00. The van der Waals surface area contributed by atoms with Crippen molar-refractivity contribution in [2.75, 3.05) is 26.0 Å². The lowest BCUT2D eigenvalue weighted by molar-refractivity contribution is -0.116. The number of hydrogen-bond donors (Lipinski definition) is 3. The van der Waals surface area contributed by atoms with E-state index in [1.54, 1.807) is 14.2 Å². The summed E-state index contributed by atoms with van der Waals surface area (Å²) in [7, 11) is 3.36. The molecule has 0 radical (unpaired) electrons. The number of hydrogen-bond acceptors (Lipinski definition) is 3. The molecule has 156 valence electrons. The van der Waals surface area contributed by atoms with Crippen LogP contribution in [0.25, 0.3) is 0 Å². The predicted octanol–water partition coefficient (Wildman–Crippen LogP) is 3.99. The van der Waals surface area contributed by atoms with Crippen LogP contribution in [0.5, 0.6) is 5.75 Å². The van der Waals surface area contributed by atoms with Gasteiger partial charge >= 0.3 is 0 Å². The fourth-order valence-electron chi connectivity index (χ4n) is 2.74. The molecular weight excluding hydrogens is 388 g/mol. The van der Waals surface area contributed by atoms with Crippen LogP contribution in [0.2, 0.25) is 5.02 Å². The van der Waals surface area contributed by atoms with E-state index in [2.05, 4.69) is 20.9 Å². The number of carbonyl (C=O) groups is 1. The van der Waals surface area contributed by atoms with Crippen molar-refractivity contribution in [1.82, 2.24) is 10.6 Å². The minimum Gasteiger partial charge on any atom is -0.497 e. The highest BCUT2D eigenvalue weighted by Crippen LogP contribution is 2.22. The summed E-state index contributed by atoms with van der Waals surface area (Å²) in [6.07, 6.45) is 2.15. The minimum atomic E-state index is 0.0416. The van der Waals surface area contributed by atoms with Gasteiger partial charge in [0.25, 0.3) is 0 Å². The van der Waals surface area contributed by atoms with Gasteiger partial charge in [-0.25, -0.2) is 0 Å². The maximum absolute atomic E-state index is 11.6. The third-order valence-electron chi connectivity index (χ3n) is 4.35. The number of nitrogens with zero attached hydrogens (tertiary/aromatic N) is 1. The quantitative estimate of drug-likeness (QED) is 0.426. The average Bonchev–Trinajstić information content (AvgIpc) is 2.72. The molecule has 6 nitrogen and oxygen atoms in total. The summed E-state index contributed by atoms with van der Waals surface area (Å²) in [5.41, 5.74) is 2.96. The number of carbonyl (C=O) groups excluding carboxylic acids is 1. The molecule has 0 atom stereocenters. The van der Waals surface area contributed by atoms with E-state index < -0.39 is 0 Å². The molecule has 0 aromatic heterocycles. The van der Waals surface area contributed by atoms with Crippen molar-refractivity contribution in [3.05, 3.63) is 58.6 Å². The summed E-state index contributed by atoms with van der Waals surface area (Å²) in [6, 6.07) is 13.5. The van der Waals surface area contributed by atoms with Gasteiger partial charge in [0.1, 0.15) is 5.75 Å². The number of halogens is 1. The van der Waals surface area contributed by atoms with Gasteiger partial charge in [-0.2, -0.15) is 0 Å². The summed E-state index contributed by atoms with van der Waals surface area (Å²) in [5.74, 6) is 1.51. The van der Waals surface area contributed by atoms with E-state index in [9.17, 15) is 4.79 Å². The molecule has 2 aromatic rings. The van der Waals surface area contributed by atoms with E-state index in [-0.39, 0.29) is 5.91 Å². The molecule has 0 aliphatic heterocycles. The van der Waals surface area contributed by atoms with Gasteiger partial charge in [-0.3, -0.25) is 9.79 Å². The first kappa shape index (κ1) is 22.6. The molecule has 0 aliphatic carbocycles. The van der Waals surface area contributed by atoms with Crippen LogP contribution in [0.1, 0.15) is 30.9 Å². The van der Waals surface area contributed by atoms with E-state index in [0.717, 1.165) is 41.4 Å². The molecule has 1 amide bonds. The SMILES string of the molecule is CCCC(=O)Nc1ccc(CNC(=NC)NCCc2ccc(OC)cc2Cl)cc1. The lowest BCUT2D eigenvalue weighted by Crippen LogP contribution is -2.37. The van der Waals surface area contributed by atoms with Gasteiger partial charge in [0, 0.05) is 37.3 Å². The van der Waals surface area contributed by atoms with Crippen LogP contribution in [-0.2, 0) is 17.8 Å². The largest absolute Gasteiger partial charge is 0.497 e. The molecule has 29 heavy (non-hydrogen) atoms. The molecule has 0 saturated carbocycles. The summed E-state index contributed by atoms with van der Waals surface area (Å²) in [6.45, 7) is 3.32. The molecule has 7 heteroatoms. The number of amides is 1. The summed E-state index contributed by atoms with van der Waals surface area (Å²) < 4.78 is 5.17. The Kier molecular flexibility index (Phi) is 9.31. The van der Waals surface area contributed by atoms with Crippen molar-refractivity contribution in [2.24, 2.45) is 4.99 Å². The van der Waals surface area contributed by atoms with Crippen molar-refractivity contribution in [3.8, 4) is 5.75 Å². The van der Waals surface area contributed by atoms with Gasteiger partial charge in [0.2, 0.25) is 5.91 Å². The summed E-state index contributed by atoms with van der Waals surface area (Å²) in [5, 5.41) is 10.2. The molecule has 3 N–H and O–H groups in total. The second-order valence-electron chi connectivity index (χ2n) is 6.55. The first-order valence-corrected chi connectivity index (χ1v) is 10.1. The number of anilines is 1. The molecular formula is C22H29ClN4O2. The Morgan fingerprint density at radius 3 is 2.52 bits per heavy atom. The van der Waals surface area contributed by atoms with Crippen molar-refractivity contribution >= 4 is 29.2 Å². The summed E-state index contributed by atoms with van der Waals surface area (Å²) >= 11 is 6.28. The molecule has 0 unspecified atom stereocenters. The van der Waals surface area contributed by atoms with Gasteiger partial charge in [0.05, 0.1) is 7.11 Å². The number of nitrogens with one attached hydrogen (secondary N) is 3. The Labute approximate surface area is 177 Å². The number of guanidine groups is 1. The second-order valence-corrected chi connectivity index (χ2v) is 6.96. The maximum Gasteiger partial charge on any atom is 0.224 e. The smallest absolute Gasteiger partial charge is 0.224 e. The van der Waals surface area contributed by atoms with Gasteiger partial charge < -0.3 is 20.7 Å². The third kappa shape index (κ3) is 7.66. The van der Waals surface area contributed by atoms with Crippen LogP contribution < -0.4 is 20.7 Å². The van der Waals surface area contributed by atoms with Gasteiger partial charge in [-0.05, 0) is 48.2 Å². The van der Waals surface area contributed by atoms with Crippen LogP contribution in [-0.4, -0.2) is 32.6 Å². The van der Waals surface area contributed by atoms with Crippen molar-refractivity contribution in [2.45, 2.75) is 32.7 Å². The van der Waals surface area contributed by atoms with Crippen LogP contribution >= 0.6 is 11.6 Å².